The third-order valence-electron chi connectivity index (χ3n) is 2.89. The van der Waals surface area contributed by atoms with E-state index in [4.69, 9.17) is 4.74 Å². The zero-order valence-electron chi connectivity index (χ0n) is 12.1. The molecular formula is C17H20N2O2. The van der Waals surface area contributed by atoms with Crippen molar-refractivity contribution in [2.24, 2.45) is 0 Å². The highest BCUT2D eigenvalue weighted by Crippen LogP contribution is 2.09. The van der Waals surface area contributed by atoms with Crippen LogP contribution in [0.25, 0.3) is 0 Å². The van der Waals surface area contributed by atoms with Gasteiger partial charge in [0.2, 0.25) is 5.91 Å². The molecule has 2 rings (SSSR count). The summed E-state index contributed by atoms with van der Waals surface area (Å²) < 4.78 is 5.60. The molecule has 0 atom stereocenters. The van der Waals surface area contributed by atoms with Crippen molar-refractivity contribution in [1.82, 2.24) is 5.32 Å². The van der Waals surface area contributed by atoms with Crippen LogP contribution in [0.4, 0.5) is 5.69 Å². The Bertz CT molecular complexity index is 553. The molecular weight excluding hydrogens is 264 g/mol. The number of amides is 1. The summed E-state index contributed by atoms with van der Waals surface area (Å²) >= 11 is 0. The summed E-state index contributed by atoms with van der Waals surface area (Å²) in [4.78, 5) is 10.9. The summed E-state index contributed by atoms with van der Waals surface area (Å²) in [5.41, 5.74) is 1.99. The van der Waals surface area contributed by atoms with Gasteiger partial charge in [-0.25, -0.2) is 0 Å². The fraction of sp³-hybridized carbons (Fsp3) is 0.235. The number of anilines is 1. The summed E-state index contributed by atoms with van der Waals surface area (Å²) in [6, 6.07) is 17.6. The first-order valence-corrected chi connectivity index (χ1v) is 6.99. The first-order valence-electron chi connectivity index (χ1n) is 6.99. The Hall–Kier alpha value is -2.33. The van der Waals surface area contributed by atoms with E-state index in [1.807, 2.05) is 54.6 Å². The molecule has 0 aromatic heterocycles. The molecule has 2 aromatic carbocycles. The second kappa shape index (κ2) is 8.07. The third-order valence-corrected chi connectivity index (χ3v) is 2.89. The van der Waals surface area contributed by atoms with Crippen LogP contribution in [0.1, 0.15) is 12.5 Å². The molecule has 0 bridgehead atoms. The van der Waals surface area contributed by atoms with Gasteiger partial charge in [-0.15, -0.1) is 0 Å². The fourth-order valence-corrected chi connectivity index (χ4v) is 1.90. The minimum absolute atomic E-state index is 0.0565. The van der Waals surface area contributed by atoms with Crippen molar-refractivity contribution in [2.75, 3.05) is 18.5 Å². The van der Waals surface area contributed by atoms with Crippen LogP contribution in [0, 0.1) is 0 Å². The van der Waals surface area contributed by atoms with Gasteiger partial charge in [0.1, 0.15) is 12.4 Å². The number of hydrogen-bond acceptors (Lipinski definition) is 3. The first kappa shape index (κ1) is 15.1. The summed E-state index contributed by atoms with van der Waals surface area (Å²) in [5.74, 6) is 0.831. The van der Waals surface area contributed by atoms with Gasteiger partial charge in [-0.2, -0.15) is 0 Å². The molecule has 0 heterocycles. The molecule has 0 radical (unpaired) electrons. The van der Waals surface area contributed by atoms with Crippen LogP contribution in [-0.2, 0) is 11.3 Å². The summed E-state index contributed by atoms with van der Waals surface area (Å²) in [6.45, 7) is 3.69. The number of nitrogens with one attached hydrogen (secondary N) is 2. The molecule has 110 valence electrons. The lowest BCUT2D eigenvalue weighted by Gasteiger charge is -2.08. The molecule has 0 saturated carbocycles. The monoisotopic (exact) mass is 284 g/mol. The molecule has 4 nitrogen and oxygen atoms in total. The van der Waals surface area contributed by atoms with Crippen LogP contribution >= 0.6 is 0 Å². The van der Waals surface area contributed by atoms with E-state index in [0.717, 1.165) is 24.5 Å². The van der Waals surface area contributed by atoms with Gasteiger partial charge in [-0.3, -0.25) is 4.79 Å². The van der Waals surface area contributed by atoms with Crippen molar-refractivity contribution in [3.63, 3.8) is 0 Å². The number of carbonyl (C=O) groups is 1. The van der Waals surface area contributed by atoms with E-state index >= 15 is 0 Å². The Labute approximate surface area is 125 Å². The average Bonchev–Trinajstić information content (AvgIpc) is 2.49. The predicted octanol–water partition coefficient (Wildman–Crippen LogP) is 2.81. The van der Waals surface area contributed by atoms with Crippen LogP contribution < -0.4 is 15.4 Å². The van der Waals surface area contributed by atoms with Gasteiger partial charge >= 0.3 is 0 Å². The van der Waals surface area contributed by atoms with E-state index in [9.17, 15) is 4.79 Å². The second-order valence-corrected chi connectivity index (χ2v) is 4.72. The quantitative estimate of drug-likeness (QED) is 0.769. The maximum absolute atomic E-state index is 10.9. The van der Waals surface area contributed by atoms with Crippen LogP contribution in [0.15, 0.2) is 54.6 Å². The molecule has 2 N–H and O–H groups in total. The van der Waals surface area contributed by atoms with Crippen molar-refractivity contribution in [2.45, 2.75) is 13.5 Å². The number of para-hydroxylation sites is 1. The smallest absolute Gasteiger partial charge is 0.221 e. The van der Waals surface area contributed by atoms with E-state index in [-0.39, 0.29) is 5.91 Å². The summed E-state index contributed by atoms with van der Waals surface area (Å²) in [5, 5.41) is 6.07. The Morgan fingerprint density at radius 1 is 1.05 bits per heavy atom. The lowest BCUT2D eigenvalue weighted by molar-refractivity contribution is -0.114. The predicted molar refractivity (Wildman–Crippen MR) is 84.4 cm³/mol. The topological polar surface area (TPSA) is 50.4 Å². The van der Waals surface area contributed by atoms with Gasteiger partial charge in [0, 0.05) is 25.7 Å². The van der Waals surface area contributed by atoms with Crippen molar-refractivity contribution >= 4 is 11.6 Å². The molecule has 1 amide bonds. The Morgan fingerprint density at radius 2 is 1.76 bits per heavy atom. The lowest BCUT2D eigenvalue weighted by Crippen LogP contribution is -2.20. The van der Waals surface area contributed by atoms with E-state index in [1.165, 1.54) is 12.5 Å². The molecule has 21 heavy (non-hydrogen) atoms. The SMILES string of the molecule is CC(=O)Nc1ccc(CNCCOc2ccccc2)cc1. The highest BCUT2D eigenvalue weighted by molar-refractivity contribution is 5.88. The van der Waals surface area contributed by atoms with Gasteiger partial charge in [0.05, 0.1) is 0 Å². The van der Waals surface area contributed by atoms with Gasteiger partial charge < -0.3 is 15.4 Å². The van der Waals surface area contributed by atoms with Gasteiger partial charge in [-0.05, 0) is 29.8 Å². The highest BCUT2D eigenvalue weighted by atomic mass is 16.5. The van der Waals surface area contributed by atoms with Gasteiger partial charge in [-0.1, -0.05) is 30.3 Å². The van der Waals surface area contributed by atoms with Crippen LogP contribution in [0.3, 0.4) is 0 Å². The molecule has 0 fully saturated rings. The number of ether oxygens (including phenoxy) is 1. The number of carbonyl (C=O) groups excluding carboxylic acids is 1. The maximum atomic E-state index is 10.9. The molecule has 0 aliphatic heterocycles. The third kappa shape index (κ3) is 5.67. The molecule has 0 aliphatic carbocycles. The minimum Gasteiger partial charge on any atom is -0.492 e. The van der Waals surface area contributed by atoms with E-state index in [1.54, 1.807) is 0 Å². The number of benzene rings is 2. The maximum Gasteiger partial charge on any atom is 0.221 e. The first-order chi connectivity index (χ1) is 10.2. The standard InChI is InChI=1S/C17H20N2O2/c1-14(20)19-16-9-7-15(8-10-16)13-18-11-12-21-17-5-3-2-4-6-17/h2-10,18H,11-13H2,1H3,(H,19,20). The van der Waals surface area contributed by atoms with E-state index < -0.39 is 0 Å². The van der Waals surface area contributed by atoms with E-state index in [0.29, 0.717) is 6.61 Å². The molecule has 4 heteroatoms. The highest BCUT2D eigenvalue weighted by Gasteiger charge is 1.97. The van der Waals surface area contributed by atoms with Gasteiger partial charge in [0.15, 0.2) is 0 Å². The fourth-order valence-electron chi connectivity index (χ4n) is 1.90. The Kier molecular flexibility index (Phi) is 5.79. The molecule has 0 unspecified atom stereocenters. The summed E-state index contributed by atoms with van der Waals surface area (Å²) in [6.07, 6.45) is 0. The molecule has 2 aromatic rings. The van der Waals surface area contributed by atoms with Crippen molar-refractivity contribution in [3.05, 3.63) is 60.2 Å². The molecule has 0 aliphatic rings. The lowest BCUT2D eigenvalue weighted by atomic mass is 10.2. The van der Waals surface area contributed by atoms with E-state index in [2.05, 4.69) is 10.6 Å². The number of rotatable bonds is 7. The minimum atomic E-state index is -0.0565. The zero-order valence-corrected chi connectivity index (χ0v) is 12.1. The van der Waals surface area contributed by atoms with Crippen LogP contribution in [0.2, 0.25) is 0 Å². The van der Waals surface area contributed by atoms with Crippen LogP contribution in [0.5, 0.6) is 5.75 Å². The van der Waals surface area contributed by atoms with Crippen molar-refractivity contribution < 1.29 is 9.53 Å². The van der Waals surface area contributed by atoms with Crippen molar-refractivity contribution in [1.29, 1.82) is 0 Å². The van der Waals surface area contributed by atoms with Crippen LogP contribution in [-0.4, -0.2) is 19.1 Å². The Morgan fingerprint density at radius 3 is 2.43 bits per heavy atom. The zero-order chi connectivity index (χ0) is 14.9. The average molecular weight is 284 g/mol. The van der Waals surface area contributed by atoms with Crippen molar-refractivity contribution in [3.8, 4) is 5.75 Å². The normalized spacial score (nSPS) is 10.1. The second-order valence-electron chi connectivity index (χ2n) is 4.72. The molecule has 0 saturated heterocycles. The largest absolute Gasteiger partial charge is 0.492 e. The van der Waals surface area contributed by atoms with Gasteiger partial charge in [0.25, 0.3) is 0 Å². The summed E-state index contributed by atoms with van der Waals surface area (Å²) in [7, 11) is 0. The number of hydrogen-bond donors (Lipinski definition) is 2. The molecule has 0 spiro atoms. The Balaban J connectivity index is 1.65.